The zero-order valence-electron chi connectivity index (χ0n) is 17.5. The predicted molar refractivity (Wildman–Crippen MR) is 110 cm³/mol. The van der Waals surface area contributed by atoms with Crippen molar-refractivity contribution in [1.29, 1.82) is 0 Å². The molecule has 6 heteroatoms. The van der Waals surface area contributed by atoms with Crippen LogP contribution < -0.4 is 9.47 Å². The zero-order valence-corrected chi connectivity index (χ0v) is 17.5. The SMILES string of the molecule is CCCCc1cc(C(=O)C=CC(=O)N2CCN(C)CC2)c(OC)cc1OCC. The van der Waals surface area contributed by atoms with Crippen molar-refractivity contribution in [2.45, 2.75) is 33.1 Å². The smallest absolute Gasteiger partial charge is 0.246 e. The molecule has 28 heavy (non-hydrogen) atoms. The average Bonchev–Trinajstić information content (AvgIpc) is 2.71. The Bertz CT molecular complexity index is 707. The zero-order chi connectivity index (χ0) is 20.5. The Morgan fingerprint density at radius 1 is 1.07 bits per heavy atom. The van der Waals surface area contributed by atoms with Crippen LogP contribution in [0.25, 0.3) is 0 Å². The van der Waals surface area contributed by atoms with Crippen molar-refractivity contribution in [2.24, 2.45) is 0 Å². The molecule has 0 unspecified atom stereocenters. The van der Waals surface area contributed by atoms with Crippen LogP contribution in [0.2, 0.25) is 0 Å². The minimum atomic E-state index is -0.236. The molecular formula is C22H32N2O4. The molecule has 0 bridgehead atoms. The van der Waals surface area contributed by atoms with E-state index in [1.165, 1.54) is 19.3 Å². The number of carbonyl (C=O) groups excluding carboxylic acids is 2. The predicted octanol–water partition coefficient (Wildman–Crippen LogP) is 2.95. The lowest BCUT2D eigenvalue weighted by Crippen LogP contribution is -2.46. The first-order valence-electron chi connectivity index (χ1n) is 10.0. The number of hydrogen-bond donors (Lipinski definition) is 0. The maximum absolute atomic E-state index is 12.8. The van der Waals surface area contributed by atoms with Crippen LogP contribution >= 0.6 is 0 Å². The van der Waals surface area contributed by atoms with E-state index in [9.17, 15) is 9.59 Å². The Hall–Kier alpha value is -2.34. The first-order valence-corrected chi connectivity index (χ1v) is 10.0. The Kier molecular flexibility index (Phi) is 8.51. The van der Waals surface area contributed by atoms with Crippen LogP contribution in [0, 0.1) is 0 Å². The molecule has 1 aliphatic heterocycles. The minimum absolute atomic E-state index is 0.127. The van der Waals surface area contributed by atoms with Crippen molar-refractivity contribution in [3.8, 4) is 11.5 Å². The van der Waals surface area contributed by atoms with E-state index in [0.717, 1.165) is 43.7 Å². The lowest BCUT2D eigenvalue weighted by Gasteiger charge is -2.31. The fraction of sp³-hybridized carbons (Fsp3) is 0.545. The second-order valence-electron chi connectivity index (χ2n) is 7.02. The molecule has 0 N–H and O–H groups in total. The summed E-state index contributed by atoms with van der Waals surface area (Å²) in [7, 11) is 3.57. The van der Waals surface area contributed by atoms with Crippen LogP contribution in [0.4, 0.5) is 0 Å². The molecular weight excluding hydrogens is 356 g/mol. The van der Waals surface area contributed by atoms with Gasteiger partial charge >= 0.3 is 0 Å². The summed E-state index contributed by atoms with van der Waals surface area (Å²) in [6.45, 7) is 7.67. The molecule has 0 saturated carbocycles. The highest BCUT2D eigenvalue weighted by molar-refractivity contribution is 6.09. The van der Waals surface area contributed by atoms with Crippen LogP contribution in [0.5, 0.6) is 11.5 Å². The molecule has 1 aromatic rings. The van der Waals surface area contributed by atoms with Gasteiger partial charge in [0.15, 0.2) is 5.78 Å². The quantitative estimate of drug-likeness (QED) is 0.481. The summed E-state index contributed by atoms with van der Waals surface area (Å²) >= 11 is 0. The van der Waals surface area contributed by atoms with Gasteiger partial charge in [0.05, 0.1) is 19.3 Å². The number of likely N-dealkylation sites (N-methyl/N-ethyl adjacent to an activating group) is 1. The molecule has 1 fully saturated rings. The van der Waals surface area contributed by atoms with Crippen molar-refractivity contribution < 1.29 is 19.1 Å². The third kappa shape index (κ3) is 5.83. The highest BCUT2D eigenvalue weighted by Crippen LogP contribution is 2.31. The van der Waals surface area contributed by atoms with Gasteiger partial charge in [-0.3, -0.25) is 9.59 Å². The van der Waals surface area contributed by atoms with Crippen LogP contribution in [-0.4, -0.2) is 68.4 Å². The first kappa shape index (κ1) is 22.0. The number of carbonyl (C=O) groups is 2. The van der Waals surface area contributed by atoms with E-state index in [1.54, 1.807) is 11.0 Å². The molecule has 0 radical (unpaired) electrons. The molecule has 1 heterocycles. The summed E-state index contributed by atoms with van der Waals surface area (Å²) in [5.41, 5.74) is 1.45. The van der Waals surface area contributed by atoms with Crippen LogP contribution in [0.3, 0.4) is 0 Å². The number of ketones is 1. The van der Waals surface area contributed by atoms with E-state index in [4.69, 9.17) is 9.47 Å². The molecule has 0 spiro atoms. The Balaban J connectivity index is 2.19. The average molecular weight is 389 g/mol. The maximum atomic E-state index is 12.8. The number of rotatable bonds is 9. The molecule has 1 aromatic carbocycles. The van der Waals surface area contributed by atoms with Crippen LogP contribution in [0.1, 0.15) is 42.6 Å². The van der Waals surface area contributed by atoms with Crippen molar-refractivity contribution >= 4 is 11.7 Å². The summed E-state index contributed by atoms with van der Waals surface area (Å²) in [6.07, 6.45) is 5.62. The molecule has 1 aliphatic rings. The van der Waals surface area contributed by atoms with Crippen LogP contribution in [0.15, 0.2) is 24.3 Å². The second-order valence-corrected chi connectivity index (χ2v) is 7.02. The summed E-state index contributed by atoms with van der Waals surface area (Å²) in [5, 5.41) is 0. The monoisotopic (exact) mass is 388 g/mol. The Labute approximate surface area is 168 Å². The second kappa shape index (κ2) is 10.9. The van der Waals surface area contributed by atoms with Crippen molar-refractivity contribution in [3.05, 3.63) is 35.4 Å². The van der Waals surface area contributed by atoms with Gasteiger partial charge in [0.25, 0.3) is 0 Å². The number of aryl methyl sites for hydroxylation is 1. The summed E-state index contributed by atoms with van der Waals surface area (Å²) < 4.78 is 11.1. The number of unbranched alkanes of at least 4 members (excludes halogenated alkanes) is 1. The van der Waals surface area contributed by atoms with Crippen molar-refractivity contribution in [3.63, 3.8) is 0 Å². The Morgan fingerprint density at radius 2 is 1.79 bits per heavy atom. The van der Waals surface area contributed by atoms with Crippen molar-refractivity contribution in [2.75, 3.05) is 46.9 Å². The number of nitrogens with zero attached hydrogens (tertiary/aromatic N) is 2. The van der Waals surface area contributed by atoms with E-state index >= 15 is 0 Å². The number of piperazine rings is 1. The lowest BCUT2D eigenvalue weighted by atomic mass is 10.0. The summed E-state index contributed by atoms with van der Waals surface area (Å²) in [4.78, 5) is 29.1. The van der Waals surface area contributed by atoms with Gasteiger partial charge in [-0.15, -0.1) is 0 Å². The number of amides is 1. The fourth-order valence-electron chi connectivity index (χ4n) is 3.19. The molecule has 2 rings (SSSR count). The van der Waals surface area contributed by atoms with E-state index in [-0.39, 0.29) is 11.7 Å². The highest BCUT2D eigenvalue weighted by Gasteiger charge is 2.19. The van der Waals surface area contributed by atoms with Gasteiger partial charge < -0.3 is 19.3 Å². The summed E-state index contributed by atoms with van der Waals surface area (Å²) in [5.74, 6) is 0.852. The molecule has 1 saturated heterocycles. The number of methoxy groups -OCH3 is 1. The van der Waals surface area contributed by atoms with E-state index < -0.39 is 0 Å². The molecule has 1 amide bonds. The number of ether oxygens (including phenoxy) is 2. The largest absolute Gasteiger partial charge is 0.496 e. The first-order chi connectivity index (χ1) is 13.5. The Morgan fingerprint density at radius 3 is 2.39 bits per heavy atom. The van der Waals surface area contributed by atoms with Gasteiger partial charge in [0.2, 0.25) is 5.91 Å². The number of hydrogen-bond acceptors (Lipinski definition) is 5. The van der Waals surface area contributed by atoms with E-state index in [2.05, 4.69) is 11.8 Å². The summed E-state index contributed by atoms with van der Waals surface area (Å²) in [6, 6.07) is 3.62. The number of benzene rings is 1. The van der Waals surface area contributed by atoms with Gasteiger partial charge in [-0.05, 0) is 44.5 Å². The van der Waals surface area contributed by atoms with E-state index in [1.807, 2.05) is 20.0 Å². The lowest BCUT2D eigenvalue weighted by molar-refractivity contribution is -0.127. The van der Waals surface area contributed by atoms with Gasteiger partial charge in [0, 0.05) is 38.3 Å². The molecule has 0 aliphatic carbocycles. The topological polar surface area (TPSA) is 59.1 Å². The van der Waals surface area contributed by atoms with Crippen molar-refractivity contribution in [1.82, 2.24) is 9.80 Å². The third-order valence-corrected chi connectivity index (χ3v) is 4.94. The van der Waals surface area contributed by atoms with Gasteiger partial charge in [0.1, 0.15) is 11.5 Å². The maximum Gasteiger partial charge on any atom is 0.246 e. The number of allylic oxidation sites excluding steroid dienone is 1. The van der Waals surface area contributed by atoms with Crippen LogP contribution in [-0.2, 0) is 11.2 Å². The van der Waals surface area contributed by atoms with Gasteiger partial charge in [-0.1, -0.05) is 13.3 Å². The molecule has 6 nitrogen and oxygen atoms in total. The van der Waals surface area contributed by atoms with E-state index in [0.29, 0.717) is 31.0 Å². The minimum Gasteiger partial charge on any atom is -0.496 e. The van der Waals surface area contributed by atoms with Gasteiger partial charge in [-0.25, -0.2) is 0 Å². The fourth-order valence-corrected chi connectivity index (χ4v) is 3.19. The van der Waals surface area contributed by atoms with Gasteiger partial charge in [-0.2, -0.15) is 0 Å². The highest BCUT2D eigenvalue weighted by atomic mass is 16.5. The molecule has 154 valence electrons. The standard InChI is InChI=1S/C22H32N2O4/c1-5-7-8-17-15-18(21(27-4)16-20(17)28-6-2)19(25)9-10-22(26)24-13-11-23(3)12-14-24/h9-10,15-16H,5-8,11-14H2,1-4H3. The normalized spacial score (nSPS) is 15.1. The molecule has 0 atom stereocenters. The third-order valence-electron chi connectivity index (χ3n) is 4.94. The molecule has 0 aromatic heterocycles.